The van der Waals surface area contributed by atoms with Gasteiger partial charge in [-0.15, -0.1) is 0 Å². The number of likely N-dealkylation sites (tertiary alicyclic amines) is 1. The summed E-state index contributed by atoms with van der Waals surface area (Å²) in [6.07, 6.45) is 3.76. The number of hydrogen-bond donors (Lipinski definition) is 2. The number of aromatic amines is 1. The first-order valence-corrected chi connectivity index (χ1v) is 6.97. The molecule has 1 amide bonds. The average Bonchev–Trinajstić information content (AvgIpc) is 3.06. The Morgan fingerprint density at radius 2 is 2.45 bits per heavy atom. The lowest BCUT2D eigenvalue weighted by molar-refractivity contribution is 0.0737. The molecule has 106 valence electrons. The predicted molar refractivity (Wildman–Crippen MR) is 76.6 cm³/mol. The Labute approximate surface area is 117 Å². The number of rotatable bonds is 3. The quantitative estimate of drug-likeness (QED) is 0.878. The van der Waals surface area contributed by atoms with Crippen LogP contribution < -0.4 is 5.32 Å². The van der Waals surface area contributed by atoms with Crippen molar-refractivity contribution in [2.24, 2.45) is 0 Å². The molecule has 0 bridgehead atoms. The third-order valence-electron chi connectivity index (χ3n) is 3.92. The van der Waals surface area contributed by atoms with Crippen LogP contribution >= 0.6 is 0 Å². The molecular weight excluding hydrogens is 254 g/mol. The van der Waals surface area contributed by atoms with Crippen molar-refractivity contribution >= 4 is 16.9 Å². The highest BCUT2D eigenvalue weighted by atomic mass is 16.2. The molecule has 0 saturated carbocycles. The fraction of sp³-hybridized carbons (Fsp3) is 0.500. The van der Waals surface area contributed by atoms with Crippen LogP contribution in [0.15, 0.2) is 12.3 Å². The molecule has 1 atom stereocenters. The molecule has 2 aromatic heterocycles. The third kappa shape index (κ3) is 2.16. The second kappa shape index (κ2) is 5.20. The average molecular weight is 273 g/mol. The SMILES string of the molecule is CNCC1CCCN1C(=O)c1cnc2n[nH]c(C)c2c1. The van der Waals surface area contributed by atoms with Crippen LogP contribution in [0.2, 0.25) is 0 Å². The highest BCUT2D eigenvalue weighted by Crippen LogP contribution is 2.21. The number of nitrogens with zero attached hydrogens (tertiary/aromatic N) is 3. The zero-order valence-electron chi connectivity index (χ0n) is 11.8. The number of hydrogen-bond acceptors (Lipinski definition) is 4. The van der Waals surface area contributed by atoms with Gasteiger partial charge in [-0.1, -0.05) is 0 Å². The maximum atomic E-state index is 12.6. The molecule has 3 rings (SSSR count). The van der Waals surface area contributed by atoms with Gasteiger partial charge in [-0.2, -0.15) is 5.10 Å². The zero-order chi connectivity index (χ0) is 14.1. The highest BCUT2D eigenvalue weighted by Gasteiger charge is 2.29. The fourth-order valence-corrected chi connectivity index (χ4v) is 2.85. The summed E-state index contributed by atoms with van der Waals surface area (Å²) < 4.78 is 0. The third-order valence-corrected chi connectivity index (χ3v) is 3.92. The lowest BCUT2D eigenvalue weighted by Gasteiger charge is -2.24. The molecule has 6 heteroatoms. The van der Waals surface area contributed by atoms with Crippen molar-refractivity contribution in [3.05, 3.63) is 23.5 Å². The van der Waals surface area contributed by atoms with E-state index in [1.165, 1.54) is 0 Å². The van der Waals surface area contributed by atoms with E-state index in [9.17, 15) is 4.79 Å². The molecular formula is C14H19N5O. The van der Waals surface area contributed by atoms with E-state index < -0.39 is 0 Å². The van der Waals surface area contributed by atoms with Crippen LogP contribution in [0.25, 0.3) is 11.0 Å². The van der Waals surface area contributed by atoms with Gasteiger partial charge >= 0.3 is 0 Å². The zero-order valence-corrected chi connectivity index (χ0v) is 11.8. The Morgan fingerprint density at radius 1 is 1.60 bits per heavy atom. The second-order valence-electron chi connectivity index (χ2n) is 5.30. The fourth-order valence-electron chi connectivity index (χ4n) is 2.85. The lowest BCUT2D eigenvalue weighted by atomic mass is 10.1. The van der Waals surface area contributed by atoms with E-state index >= 15 is 0 Å². The summed E-state index contributed by atoms with van der Waals surface area (Å²) in [7, 11) is 1.92. The molecule has 0 radical (unpaired) electrons. The van der Waals surface area contributed by atoms with Crippen molar-refractivity contribution in [3.63, 3.8) is 0 Å². The second-order valence-corrected chi connectivity index (χ2v) is 5.30. The first-order valence-electron chi connectivity index (χ1n) is 6.97. The summed E-state index contributed by atoms with van der Waals surface area (Å²) in [6.45, 7) is 3.60. The van der Waals surface area contributed by atoms with Gasteiger partial charge in [0.25, 0.3) is 5.91 Å². The van der Waals surface area contributed by atoms with Crippen molar-refractivity contribution in [1.82, 2.24) is 25.4 Å². The van der Waals surface area contributed by atoms with Crippen molar-refractivity contribution in [3.8, 4) is 0 Å². The highest BCUT2D eigenvalue weighted by molar-refractivity contribution is 5.97. The molecule has 0 aliphatic carbocycles. The van der Waals surface area contributed by atoms with Crippen molar-refractivity contribution < 1.29 is 4.79 Å². The maximum Gasteiger partial charge on any atom is 0.255 e. The Hall–Kier alpha value is -1.95. The van der Waals surface area contributed by atoms with Gasteiger partial charge in [-0.3, -0.25) is 9.89 Å². The summed E-state index contributed by atoms with van der Waals surface area (Å²) in [5.74, 6) is 0.0674. The number of amides is 1. The van der Waals surface area contributed by atoms with Crippen LogP contribution in [0.4, 0.5) is 0 Å². The van der Waals surface area contributed by atoms with Gasteiger partial charge in [0.1, 0.15) is 0 Å². The van der Waals surface area contributed by atoms with Gasteiger partial charge in [-0.05, 0) is 32.9 Å². The van der Waals surface area contributed by atoms with Gasteiger partial charge in [0.2, 0.25) is 0 Å². The number of aryl methyl sites for hydroxylation is 1. The maximum absolute atomic E-state index is 12.6. The van der Waals surface area contributed by atoms with Crippen molar-refractivity contribution in [1.29, 1.82) is 0 Å². The Balaban J connectivity index is 1.89. The molecule has 3 heterocycles. The number of carbonyl (C=O) groups excluding carboxylic acids is 1. The van der Waals surface area contributed by atoms with Crippen LogP contribution in [-0.2, 0) is 0 Å². The minimum absolute atomic E-state index is 0.0674. The minimum atomic E-state index is 0.0674. The Bertz CT molecular complexity index is 636. The molecule has 1 unspecified atom stereocenters. The predicted octanol–water partition coefficient (Wildman–Crippen LogP) is 1.09. The molecule has 6 nitrogen and oxygen atoms in total. The van der Waals surface area contributed by atoms with Crippen LogP contribution in [-0.4, -0.2) is 52.2 Å². The van der Waals surface area contributed by atoms with Gasteiger partial charge in [0, 0.05) is 36.4 Å². The summed E-state index contributed by atoms with van der Waals surface area (Å²) >= 11 is 0. The molecule has 1 saturated heterocycles. The van der Waals surface area contributed by atoms with Gasteiger partial charge in [0.15, 0.2) is 5.65 Å². The summed E-state index contributed by atoms with van der Waals surface area (Å²) in [6, 6.07) is 2.17. The van der Waals surface area contributed by atoms with E-state index in [0.717, 1.165) is 37.0 Å². The topological polar surface area (TPSA) is 73.9 Å². The lowest BCUT2D eigenvalue weighted by Crippen LogP contribution is -2.40. The van der Waals surface area contributed by atoms with Crippen LogP contribution in [0.5, 0.6) is 0 Å². The van der Waals surface area contributed by atoms with Gasteiger partial charge in [0.05, 0.1) is 5.56 Å². The number of carbonyl (C=O) groups is 1. The van der Waals surface area contributed by atoms with E-state index in [1.54, 1.807) is 6.20 Å². The molecule has 1 aliphatic rings. The van der Waals surface area contributed by atoms with Crippen molar-refractivity contribution in [2.45, 2.75) is 25.8 Å². The first-order chi connectivity index (χ1) is 9.70. The summed E-state index contributed by atoms with van der Waals surface area (Å²) in [5, 5.41) is 11.1. The molecule has 20 heavy (non-hydrogen) atoms. The van der Waals surface area contributed by atoms with Crippen LogP contribution in [0, 0.1) is 6.92 Å². The van der Waals surface area contributed by atoms with Crippen molar-refractivity contribution in [2.75, 3.05) is 20.1 Å². The minimum Gasteiger partial charge on any atom is -0.334 e. The number of pyridine rings is 1. The van der Waals surface area contributed by atoms with Crippen LogP contribution in [0.3, 0.4) is 0 Å². The number of likely N-dealkylation sites (N-methyl/N-ethyl adjacent to an activating group) is 1. The molecule has 2 aromatic rings. The monoisotopic (exact) mass is 273 g/mol. The van der Waals surface area contributed by atoms with E-state index in [0.29, 0.717) is 11.2 Å². The number of nitrogens with one attached hydrogen (secondary N) is 2. The van der Waals surface area contributed by atoms with E-state index in [-0.39, 0.29) is 11.9 Å². The Morgan fingerprint density at radius 3 is 3.25 bits per heavy atom. The number of fused-ring (bicyclic) bond motifs is 1. The molecule has 1 fully saturated rings. The number of aromatic nitrogens is 3. The number of H-pyrrole nitrogens is 1. The molecule has 2 N–H and O–H groups in total. The smallest absolute Gasteiger partial charge is 0.255 e. The standard InChI is InChI=1S/C14H19N5O/c1-9-12-6-10(7-16-13(12)18-17-9)14(20)19-5-3-4-11(19)8-15-2/h6-7,11,15H,3-5,8H2,1-2H3,(H,16,17,18). The first kappa shape index (κ1) is 13.1. The Kier molecular flexibility index (Phi) is 3.40. The van der Waals surface area contributed by atoms with E-state index in [2.05, 4.69) is 20.5 Å². The van der Waals surface area contributed by atoms with E-state index in [4.69, 9.17) is 0 Å². The normalized spacial score (nSPS) is 18.9. The van der Waals surface area contributed by atoms with E-state index in [1.807, 2.05) is 24.9 Å². The largest absolute Gasteiger partial charge is 0.334 e. The van der Waals surface area contributed by atoms with Gasteiger partial charge in [-0.25, -0.2) is 4.98 Å². The summed E-state index contributed by atoms with van der Waals surface area (Å²) in [5.41, 5.74) is 2.24. The van der Waals surface area contributed by atoms with Gasteiger partial charge < -0.3 is 10.2 Å². The molecule has 0 spiro atoms. The van der Waals surface area contributed by atoms with Crippen LogP contribution in [0.1, 0.15) is 28.9 Å². The molecule has 0 aromatic carbocycles. The molecule has 1 aliphatic heterocycles. The summed E-state index contributed by atoms with van der Waals surface area (Å²) in [4.78, 5) is 18.8.